The average Bonchev–Trinajstić information content (AvgIpc) is 3.15. The van der Waals surface area contributed by atoms with E-state index < -0.39 is 10.0 Å². The highest BCUT2D eigenvalue weighted by molar-refractivity contribution is 7.89. The maximum atomic E-state index is 13.4. The number of anilines is 1. The summed E-state index contributed by atoms with van der Waals surface area (Å²) in [4.78, 5) is 4.32. The minimum absolute atomic E-state index is 0.0582. The van der Waals surface area contributed by atoms with E-state index in [1.807, 2.05) is 0 Å². The number of nitrogens with zero attached hydrogens (tertiary/aromatic N) is 5. The first-order valence-electron chi connectivity index (χ1n) is 8.64. The molecule has 0 saturated carbocycles. The highest BCUT2D eigenvalue weighted by atomic mass is 32.2. The highest BCUT2D eigenvalue weighted by Crippen LogP contribution is 2.25. The molecule has 154 valence electrons. The van der Waals surface area contributed by atoms with Crippen LogP contribution in [0.25, 0.3) is 16.9 Å². The van der Waals surface area contributed by atoms with Crippen LogP contribution in [0.1, 0.15) is 5.56 Å². The Hall–Kier alpha value is -3.64. The third-order valence-corrected chi connectivity index (χ3v) is 5.23. The molecule has 0 spiro atoms. The van der Waals surface area contributed by atoms with Crippen LogP contribution in [0, 0.1) is 5.82 Å². The number of hydrogen-bond acceptors (Lipinski definition) is 8. The maximum absolute atomic E-state index is 13.4. The summed E-state index contributed by atoms with van der Waals surface area (Å²) in [5.74, 6) is 0.130. The molecular weight excluding hydrogens is 413 g/mol. The van der Waals surface area contributed by atoms with Crippen LogP contribution in [0.15, 0.2) is 53.6 Å². The van der Waals surface area contributed by atoms with Crippen molar-refractivity contribution in [3.63, 3.8) is 0 Å². The molecule has 12 heteroatoms. The van der Waals surface area contributed by atoms with Crippen LogP contribution in [-0.2, 0) is 16.6 Å². The fraction of sp³-hybridized carbons (Fsp3) is 0.111. The number of primary sulfonamides is 1. The van der Waals surface area contributed by atoms with Gasteiger partial charge in [0.1, 0.15) is 5.82 Å². The van der Waals surface area contributed by atoms with E-state index in [1.165, 1.54) is 36.2 Å². The molecule has 0 radical (unpaired) electrons. The van der Waals surface area contributed by atoms with Crippen LogP contribution in [0.4, 0.5) is 10.2 Å². The van der Waals surface area contributed by atoms with E-state index in [-0.39, 0.29) is 34.9 Å². The second kappa shape index (κ2) is 7.65. The lowest BCUT2D eigenvalue weighted by atomic mass is 10.2. The molecule has 0 aliphatic carbocycles. The van der Waals surface area contributed by atoms with Gasteiger partial charge in [0.15, 0.2) is 5.82 Å². The van der Waals surface area contributed by atoms with Crippen molar-refractivity contribution in [3.05, 3.63) is 60.0 Å². The van der Waals surface area contributed by atoms with E-state index in [0.717, 1.165) is 0 Å². The molecule has 0 fully saturated rings. The number of nitrogens with one attached hydrogen (secondary N) is 1. The summed E-state index contributed by atoms with van der Waals surface area (Å²) in [6.07, 6.45) is 1.36. The van der Waals surface area contributed by atoms with Gasteiger partial charge < -0.3 is 10.1 Å². The molecule has 0 bridgehead atoms. The summed E-state index contributed by atoms with van der Waals surface area (Å²) in [6.45, 7) is 0.266. The summed E-state index contributed by atoms with van der Waals surface area (Å²) >= 11 is 0. The molecular formula is C18H16FN7O3S. The first kappa shape index (κ1) is 19.7. The Kier molecular flexibility index (Phi) is 5.01. The van der Waals surface area contributed by atoms with Gasteiger partial charge in [0.25, 0.3) is 11.8 Å². The van der Waals surface area contributed by atoms with Crippen LogP contribution < -0.4 is 15.2 Å². The molecule has 3 N–H and O–H groups in total. The highest BCUT2D eigenvalue weighted by Gasteiger charge is 2.18. The number of aromatic nitrogens is 5. The first-order chi connectivity index (χ1) is 14.4. The molecule has 0 saturated heterocycles. The van der Waals surface area contributed by atoms with Gasteiger partial charge in [-0.05, 0) is 29.8 Å². The molecule has 0 aliphatic rings. The lowest BCUT2D eigenvalue weighted by Crippen LogP contribution is -2.13. The van der Waals surface area contributed by atoms with Crippen LogP contribution >= 0.6 is 0 Å². The lowest BCUT2D eigenvalue weighted by molar-refractivity contribution is 0.390. The summed E-state index contributed by atoms with van der Waals surface area (Å²) < 4.78 is 43.6. The van der Waals surface area contributed by atoms with Crippen molar-refractivity contribution in [2.24, 2.45) is 5.14 Å². The number of benzene rings is 2. The number of hydrogen-bond donors (Lipinski definition) is 2. The molecule has 0 aliphatic heterocycles. The zero-order valence-electron chi connectivity index (χ0n) is 15.7. The van der Waals surface area contributed by atoms with E-state index in [1.54, 1.807) is 24.3 Å². The van der Waals surface area contributed by atoms with Gasteiger partial charge in [0.05, 0.1) is 23.7 Å². The van der Waals surface area contributed by atoms with Crippen LogP contribution in [0.3, 0.4) is 0 Å². The van der Waals surface area contributed by atoms with Crippen molar-refractivity contribution >= 4 is 26.7 Å². The first-order valence-corrected chi connectivity index (χ1v) is 10.2. The van der Waals surface area contributed by atoms with Crippen LogP contribution in [0.2, 0.25) is 0 Å². The lowest BCUT2D eigenvalue weighted by Gasteiger charge is -2.10. The molecule has 0 atom stereocenters. The fourth-order valence-electron chi connectivity index (χ4n) is 2.91. The standard InChI is InChI=1S/C18H16FN7O3S/c1-29-17-16(21-9-11-4-2-5-12(19)8-11)23-18(25-24-17)26-14-6-3-7-15(30(20,27)28)13(14)10-22-26/h2-8,10H,9H2,1H3,(H2,20,27,28)(H,21,23,25). The summed E-state index contributed by atoms with van der Waals surface area (Å²) in [7, 11) is -2.52. The SMILES string of the molecule is COc1nnc(-n2ncc3c(S(N)(=O)=O)cccc32)nc1NCc1cccc(F)c1. The van der Waals surface area contributed by atoms with Crippen molar-refractivity contribution < 1.29 is 17.5 Å². The third kappa shape index (κ3) is 3.77. The zero-order chi connectivity index (χ0) is 21.3. The van der Waals surface area contributed by atoms with E-state index in [2.05, 4.69) is 25.6 Å². The maximum Gasteiger partial charge on any atom is 0.276 e. The predicted molar refractivity (Wildman–Crippen MR) is 106 cm³/mol. The second-order valence-electron chi connectivity index (χ2n) is 6.24. The summed E-state index contributed by atoms with van der Waals surface area (Å²) in [5.41, 5.74) is 1.13. The van der Waals surface area contributed by atoms with Gasteiger partial charge in [-0.1, -0.05) is 18.2 Å². The van der Waals surface area contributed by atoms with Crippen LogP contribution in [-0.4, -0.2) is 40.5 Å². The predicted octanol–water partition coefficient (Wildman–Crippen LogP) is 1.62. The Morgan fingerprint density at radius 2 is 2.00 bits per heavy atom. The molecule has 2 aromatic heterocycles. The molecule has 10 nitrogen and oxygen atoms in total. The second-order valence-corrected chi connectivity index (χ2v) is 7.77. The number of sulfonamides is 1. The number of fused-ring (bicyclic) bond motifs is 1. The van der Waals surface area contributed by atoms with Gasteiger partial charge in [-0.25, -0.2) is 17.9 Å². The van der Waals surface area contributed by atoms with Crippen molar-refractivity contribution in [3.8, 4) is 11.8 Å². The van der Waals surface area contributed by atoms with Gasteiger partial charge in [-0.15, -0.1) is 10.2 Å². The summed E-state index contributed by atoms with van der Waals surface area (Å²) in [5, 5.41) is 20.8. The van der Waals surface area contributed by atoms with E-state index in [4.69, 9.17) is 9.88 Å². The van der Waals surface area contributed by atoms with Gasteiger partial charge in [0.2, 0.25) is 10.0 Å². The number of ether oxygens (including phenoxy) is 1. The van der Waals surface area contributed by atoms with Crippen molar-refractivity contribution in [2.75, 3.05) is 12.4 Å². The van der Waals surface area contributed by atoms with Crippen molar-refractivity contribution in [1.29, 1.82) is 0 Å². The van der Waals surface area contributed by atoms with Crippen molar-refractivity contribution in [2.45, 2.75) is 11.4 Å². The molecule has 4 aromatic rings. The smallest absolute Gasteiger partial charge is 0.276 e. The Labute approximate surface area is 170 Å². The van der Waals surface area contributed by atoms with Gasteiger partial charge in [-0.3, -0.25) is 0 Å². The Balaban J connectivity index is 1.73. The third-order valence-electron chi connectivity index (χ3n) is 4.26. The van der Waals surface area contributed by atoms with E-state index >= 15 is 0 Å². The fourth-order valence-corrected chi connectivity index (χ4v) is 3.65. The van der Waals surface area contributed by atoms with E-state index in [0.29, 0.717) is 16.5 Å². The minimum atomic E-state index is -3.93. The molecule has 2 aromatic carbocycles. The molecule has 30 heavy (non-hydrogen) atoms. The van der Waals surface area contributed by atoms with Crippen LogP contribution in [0.5, 0.6) is 5.88 Å². The van der Waals surface area contributed by atoms with Crippen molar-refractivity contribution in [1.82, 2.24) is 25.0 Å². The number of methoxy groups -OCH3 is 1. The minimum Gasteiger partial charge on any atom is -0.477 e. The number of rotatable bonds is 6. The summed E-state index contributed by atoms with van der Waals surface area (Å²) in [6, 6.07) is 10.7. The number of halogens is 1. The topological polar surface area (TPSA) is 138 Å². The number of nitrogens with two attached hydrogens (primary N) is 1. The zero-order valence-corrected chi connectivity index (χ0v) is 16.5. The molecule has 0 amide bonds. The Morgan fingerprint density at radius 3 is 2.73 bits per heavy atom. The Bertz CT molecular complexity index is 1340. The quantitative estimate of drug-likeness (QED) is 0.472. The normalized spacial score (nSPS) is 11.6. The Morgan fingerprint density at radius 1 is 1.20 bits per heavy atom. The van der Waals surface area contributed by atoms with Gasteiger partial charge in [0, 0.05) is 11.9 Å². The monoisotopic (exact) mass is 429 g/mol. The van der Waals surface area contributed by atoms with E-state index in [9.17, 15) is 12.8 Å². The molecule has 2 heterocycles. The molecule has 0 unspecified atom stereocenters. The largest absolute Gasteiger partial charge is 0.477 e. The molecule has 4 rings (SSSR count). The van der Waals surface area contributed by atoms with Gasteiger partial charge in [-0.2, -0.15) is 14.8 Å². The average molecular weight is 429 g/mol. The van der Waals surface area contributed by atoms with Gasteiger partial charge >= 0.3 is 0 Å².